The molecule has 1 aromatic rings. The second-order valence-corrected chi connectivity index (χ2v) is 2.42. The van der Waals surface area contributed by atoms with E-state index >= 15 is 0 Å². The Morgan fingerprint density at radius 1 is 1.55 bits per heavy atom. The average molecular weight is 170 g/mol. The first kappa shape index (κ1) is 8.40. The van der Waals surface area contributed by atoms with Gasteiger partial charge in [0.15, 0.2) is 0 Å². The van der Waals surface area contributed by atoms with E-state index in [1.165, 1.54) is 13.2 Å². The zero-order valence-electron chi connectivity index (χ0n) is 5.90. The van der Waals surface area contributed by atoms with E-state index in [-0.39, 0.29) is 10.5 Å². The van der Waals surface area contributed by atoms with Crippen LogP contribution in [0.1, 0.15) is 0 Å². The van der Waals surface area contributed by atoms with E-state index in [4.69, 9.17) is 24.2 Å². The van der Waals surface area contributed by atoms with Gasteiger partial charge >= 0.3 is 0 Å². The van der Waals surface area contributed by atoms with Crippen LogP contribution in [-0.2, 0) is 0 Å². The van der Waals surface area contributed by atoms with Crippen molar-refractivity contribution in [3.8, 4) is 5.75 Å². The SMILES string of the molecule is [B]c1cc(F)c(Cl)cc1OC. The van der Waals surface area contributed by atoms with Gasteiger partial charge in [0.25, 0.3) is 0 Å². The van der Waals surface area contributed by atoms with Crippen LogP contribution in [0.15, 0.2) is 12.1 Å². The summed E-state index contributed by atoms with van der Waals surface area (Å²) in [6.45, 7) is 0. The summed E-state index contributed by atoms with van der Waals surface area (Å²) in [5, 5.41) is 0.0102. The first-order valence-electron chi connectivity index (χ1n) is 2.93. The minimum Gasteiger partial charge on any atom is -0.497 e. The Labute approximate surface area is 70.5 Å². The van der Waals surface area contributed by atoms with E-state index in [1.54, 1.807) is 0 Å². The van der Waals surface area contributed by atoms with Gasteiger partial charge in [-0.3, -0.25) is 0 Å². The number of ether oxygens (including phenoxy) is 1. The van der Waals surface area contributed by atoms with Gasteiger partial charge in [0, 0.05) is 6.07 Å². The van der Waals surface area contributed by atoms with Crippen molar-refractivity contribution >= 4 is 24.9 Å². The third kappa shape index (κ3) is 1.66. The molecule has 1 nitrogen and oxygen atoms in total. The number of benzene rings is 1. The molecule has 0 heterocycles. The zero-order chi connectivity index (χ0) is 8.43. The van der Waals surface area contributed by atoms with Gasteiger partial charge in [0.1, 0.15) is 19.4 Å². The Bertz CT molecular complexity index is 277. The van der Waals surface area contributed by atoms with Gasteiger partial charge in [-0.05, 0) is 6.07 Å². The molecule has 0 aliphatic carbocycles. The molecule has 0 aliphatic rings. The van der Waals surface area contributed by atoms with Crippen LogP contribution < -0.4 is 10.2 Å². The van der Waals surface area contributed by atoms with Crippen LogP contribution in [0.4, 0.5) is 4.39 Å². The minimum atomic E-state index is -0.537. The summed E-state index contributed by atoms with van der Waals surface area (Å²) in [6, 6.07) is 2.47. The van der Waals surface area contributed by atoms with Gasteiger partial charge in [-0.2, -0.15) is 0 Å². The second kappa shape index (κ2) is 3.14. The van der Waals surface area contributed by atoms with Crippen LogP contribution in [0, 0.1) is 5.82 Å². The number of rotatable bonds is 1. The van der Waals surface area contributed by atoms with Crippen molar-refractivity contribution < 1.29 is 9.13 Å². The molecule has 0 spiro atoms. The monoisotopic (exact) mass is 170 g/mol. The van der Waals surface area contributed by atoms with Gasteiger partial charge < -0.3 is 4.74 Å². The highest BCUT2D eigenvalue weighted by Gasteiger charge is 2.03. The topological polar surface area (TPSA) is 9.23 Å². The quantitative estimate of drug-likeness (QED) is 0.577. The maximum absolute atomic E-state index is 12.6. The highest BCUT2D eigenvalue weighted by molar-refractivity contribution is 6.36. The molecule has 0 amide bonds. The smallest absolute Gasteiger partial charge is 0.141 e. The molecule has 0 aromatic heterocycles. The summed E-state index contributed by atoms with van der Waals surface area (Å²) >= 11 is 5.45. The van der Waals surface area contributed by atoms with Crippen molar-refractivity contribution in [2.45, 2.75) is 0 Å². The molecule has 1 rings (SSSR count). The lowest BCUT2D eigenvalue weighted by Crippen LogP contribution is -2.07. The summed E-state index contributed by atoms with van der Waals surface area (Å²) in [7, 11) is 6.82. The molecule has 4 heteroatoms. The van der Waals surface area contributed by atoms with E-state index in [1.807, 2.05) is 0 Å². The molecule has 11 heavy (non-hydrogen) atoms. The molecule has 1 aromatic carbocycles. The van der Waals surface area contributed by atoms with Crippen molar-refractivity contribution in [3.63, 3.8) is 0 Å². The highest BCUT2D eigenvalue weighted by Crippen LogP contribution is 2.18. The largest absolute Gasteiger partial charge is 0.497 e. The molecule has 0 aliphatic heterocycles. The molecule has 0 atom stereocenters. The fraction of sp³-hybridized carbons (Fsp3) is 0.143. The van der Waals surface area contributed by atoms with Crippen LogP contribution in [-0.4, -0.2) is 15.0 Å². The molecule has 0 saturated carbocycles. The molecule has 0 N–H and O–H groups in total. The summed E-state index contributed by atoms with van der Waals surface area (Å²) in [6.07, 6.45) is 0. The van der Waals surface area contributed by atoms with Crippen LogP contribution in [0.5, 0.6) is 5.75 Å². The predicted molar refractivity (Wildman–Crippen MR) is 43.4 cm³/mol. The van der Waals surface area contributed by atoms with Gasteiger partial charge in [0.05, 0.1) is 12.1 Å². The third-order valence-corrected chi connectivity index (χ3v) is 1.56. The van der Waals surface area contributed by atoms with Crippen molar-refractivity contribution in [1.29, 1.82) is 0 Å². The Balaban J connectivity index is 3.21. The Kier molecular flexibility index (Phi) is 2.40. The lowest BCUT2D eigenvalue weighted by Gasteiger charge is -2.04. The zero-order valence-corrected chi connectivity index (χ0v) is 6.65. The molecular weight excluding hydrogens is 165 g/mol. The molecule has 0 fully saturated rings. The van der Waals surface area contributed by atoms with Gasteiger partial charge in [-0.25, -0.2) is 4.39 Å². The maximum Gasteiger partial charge on any atom is 0.141 e. The summed E-state index contributed by atoms with van der Waals surface area (Å²) in [5.74, 6) is -0.152. The standard InChI is InChI=1S/C7H5BClFO/c1-11-7-3-5(9)6(10)2-4(7)8/h2-3H,1H3. The summed E-state index contributed by atoms with van der Waals surface area (Å²) in [4.78, 5) is 0. The van der Waals surface area contributed by atoms with E-state index in [2.05, 4.69) is 0 Å². The van der Waals surface area contributed by atoms with E-state index in [0.717, 1.165) is 6.07 Å². The number of halogens is 2. The Morgan fingerprint density at radius 2 is 2.18 bits per heavy atom. The van der Waals surface area contributed by atoms with E-state index in [0.29, 0.717) is 5.75 Å². The van der Waals surface area contributed by atoms with Gasteiger partial charge in [-0.15, -0.1) is 0 Å². The average Bonchev–Trinajstić information content (AvgIpc) is 1.97. The number of methoxy groups -OCH3 is 1. The first-order valence-corrected chi connectivity index (χ1v) is 3.31. The highest BCUT2D eigenvalue weighted by atomic mass is 35.5. The summed E-state index contributed by atoms with van der Waals surface area (Å²) < 4.78 is 17.4. The van der Waals surface area contributed by atoms with E-state index in [9.17, 15) is 4.39 Å². The molecule has 2 radical (unpaired) electrons. The predicted octanol–water partition coefficient (Wildman–Crippen LogP) is 1.28. The van der Waals surface area contributed by atoms with Crippen molar-refractivity contribution in [3.05, 3.63) is 23.0 Å². The molecule has 56 valence electrons. The van der Waals surface area contributed by atoms with Crippen molar-refractivity contribution in [1.82, 2.24) is 0 Å². The third-order valence-electron chi connectivity index (χ3n) is 1.27. The van der Waals surface area contributed by atoms with Crippen LogP contribution in [0.3, 0.4) is 0 Å². The Hall–Kier alpha value is -0.695. The molecule has 0 saturated heterocycles. The lowest BCUT2D eigenvalue weighted by molar-refractivity contribution is 0.417. The molecule has 0 unspecified atom stereocenters. The van der Waals surface area contributed by atoms with Crippen LogP contribution >= 0.6 is 11.6 Å². The van der Waals surface area contributed by atoms with Gasteiger partial charge in [-0.1, -0.05) is 17.1 Å². The van der Waals surface area contributed by atoms with Gasteiger partial charge in [0.2, 0.25) is 0 Å². The van der Waals surface area contributed by atoms with Crippen molar-refractivity contribution in [2.24, 2.45) is 0 Å². The summed E-state index contributed by atoms with van der Waals surface area (Å²) in [5.41, 5.74) is 0.245. The van der Waals surface area contributed by atoms with Crippen LogP contribution in [0.25, 0.3) is 0 Å². The lowest BCUT2D eigenvalue weighted by atomic mass is 9.95. The minimum absolute atomic E-state index is 0.0102. The van der Waals surface area contributed by atoms with Crippen molar-refractivity contribution in [2.75, 3.05) is 7.11 Å². The normalized spacial score (nSPS) is 9.73. The fourth-order valence-electron chi connectivity index (χ4n) is 0.721. The molecule has 0 bridgehead atoms. The fourth-order valence-corrected chi connectivity index (χ4v) is 0.874. The van der Waals surface area contributed by atoms with Crippen LogP contribution in [0.2, 0.25) is 5.02 Å². The maximum atomic E-state index is 12.6. The number of hydrogen-bond acceptors (Lipinski definition) is 1. The number of hydrogen-bond donors (Lipinski definition) is 0. The second-order valence-electron chi connectivity index (χ2n) is 2.01. The Morgan fingerprint density at radius 3 is 2.73 bits per heavy atom. The first-order chi connectivity index (χ1) is 5.15. The molecular formula is C7H5BClFO. The van der Waals surface area contributed by atoms with E-state index < -0.39 is 5.82 Å².